The number of rotatable bonds is 2. The smallest absolute Gasteiger partial charge is 0.262 e. The van der Waals surface area contributed by atoms with E-state index in [-0.39, 0.29) is 24.5 Å². The van der Waals surface area contributed by atoms with Crippen molar-refractivity contribution in [3.05, 3.63) is 17.2 Å². The Kier molecular flexibility index (Phi) is 3.71. The van der Waals surface area contributed by atoms with Gasteiger partial charge in [0, 0.05) is 12.1 Å². The van der Waals surface area contributed by atoms with E-state index in [2.05, 4.69) is 10.6 Å². The molecule has 0 aliphatic carbocycles. The summed E-state index contributed by atoms with van der Waals surface area (Å²) in [7, 11) is 0. The normalized spacial score (nSPS) is 24.0. The van der Waals surface area contributed by atoms with Crippen molar-refractivity contribution in [2.45, 2.75) is 6.04 Å². The van der Waals surface area contributed by atoms with Crippen LogP contribution in [0.4, 0.5) is 11.4 Å². The van der Waals surface area contributed by atoms with Crippen LogP contribution in [-0.2, 0) is 14.3 Å². The van der Waals surface area contributed by atoms with Gasteiger partial charge in [-0.2, -0.15) is 0 Å². The first-order valence-corrected chi connectivity index (χ1v) is 6.83. The molecule has 21 heavy (non-hydrogen) atoms. The van der Waals surface area contributed by atoms with Gasteiger partial charge in [-0.15, -0.1) is 0 Å². The SMILES string of the molecule is NC1COCC1C(=O)Nc1cc2c(cc1Cl)NC(=O)CO2. The predicted molar refractivity (Wildman–Crippen MR) is 76.5 cm³/mol. The van der Waals surface area contributed by atoms with Gasteiger partial charge in [-0.3, -0.25) is 9.59 Å². The number of carbonyl (C=O) groups excluding carboxylic acids is 2. The van der Waals surface area contributed by atoms with Crippen LogP contribution in [-0.4, -0.2) is 37.7 Å². The number of amides is 2. The van der Waals surface area contributed by atoms with Gasteiger partial charge in [0.15, 0.2) is 6.61 Å². The van der Waals surface area contributed by atoms with E-state index < -0.39 is 5.92 Å². The van der Waals surface area contributed by atoms with Crippen LogP contribution in [0.1, 0.15) is 0 Å². The lowest BCUT2D eigenvalue weighted by molar-refractivity contribution is -0.120. The molecule has 2 aliphatic rings. The number of hydrogen-bond acceptors (Lipinski definition) is 5. The Labute approximate surface area is 125 Å². The second-order valence-electron chi connectivity index (χ2n) is 4.96. The Bertz CT molecular complexity index is 607. The van der Waals surface area contributed by atoms with Gasteiger partial charge in [-0.25, -0.2) is 0 Å². The zero-order chi connectivity index (χ0) is 15.0. The van der Waals surface area contributed by atoms with Crippen molar-refractivity contribution in [3.63, 3.8) is 0 Å². The van der Waals surface area contributed by atoms with Crippen LogP contribution in [0.2, 0.25) is 5.02 Å². The summed E-state index contributed by atoms with van der Waals surface area (Å²) >= 11 is 6.11. The summed E-state index contributed by atoms with van der Waals surface area (Å²) in [6.45, 7) is 0.594. The van der Waals surface area contributed by atoms with E-state index in [1.807, 2.05) is 0 Å². The first-order chi connectivity index (χ1) is 10.0. The Morgan fingerprint density at radius 1 is 1.43 bits per heavy atom. The lowest BCUT2D eigenvalue weighted by Gasteiger charge is -2.20. The van der Waals surface area contributed by atoms with Crippen molar-refractivity contribution < 1.29 is 19.1 Å². The van der Waals surface area contributed by atoms with Crippen LogP contribution in [0, 0.1) is 5.92 Å². The van der Waals surface area contributed by atoms with Gasteiger partial charge in [0.2, 0.25) is 5.91 Å². The van der Waals surface area contributed by atoms with E-state index >= 15 is 0 Å². The molecule has 1 aromatic carbocycles. The Balaban J connectivity index is 1.79. The summed E-state index contributed by atoms with van der Waals surface area (Å²) in [5, 5.41) is 5.67. The van der Waals surface area contributed by atoms with Gasteiger partial charge in [0.1, 0.15) is 5.75 Å². The number of benzene rings is 1. The molecule has 3 rings (SSSR count). The number of anilines is 2. The largest absolute Gasteiger partial charge is 0.482 e. The van der Waals surface area contributed by atoms with Gasteiger partial charge >= 0.3 is 0 Å². The van der Waals surface area contributed by atoms with Crippen LogP contribution in [0.25, 0.3) is 0 Å². The number of nitrogens with two attached hydrogens (primary N) is 1. The number of ether oxygens (including phenoxy) is 2. The zero-order valence-electron chi connectivity index (χ0n) is 11.0. The van der Waals surface area contributed by atoms with Gasteiger partial charge in [0.05, 0.1) is 35.5 Å². The minimum Gasteiger partial charge on any atom is -0.482 e. The third-order valence-corrected chi connectivity index (χ3v) is 3.73. The molecule has 0 saturated carbocycles. The van der Waals surface area contributed by atoms with Gasteiger partial charge in [0.25, 0.3) is 5.91 Å². The summed E-state index contributed by atoms with van der Waals surface area (Å²) in [4.78, 5) is 23.4. The summed E-state index contributed by atoms with van der Waals surface area (Å²) in [6, 6.07) is 2.79. The molecule has 1 fully saturated rings. The molecule has 0 bridgehead atoms. The van der Waals surface area contributed by atoms with Crippen LogP contribution in [0.15, 0.2) is 12.1 Å². The molecule has 8 heteroatoms. The summed E-state index contributed by atoms with van der Waals surface area (Å²) in [5.74, 6) is -0.440. The molecule has 2 atom stereocenters. The van der Waals surface area contributed by atoms with Gasteiger partial charge in [-0.1, -0.05) is 11.6 Å². The van der Waals surface area contributed by atoms with Crippen molar-refractivity contribution in [2.24, 2.45) is 11.7 Å². The fraction of sp³-hybridized carbons (Fsp3) is 0.385. The Morgan fingerprint density at radius 2 is 2.24 bits per heavy atom. The van der Waals surface area contributed by atoms with Crippen molar-refractivity contribution in [1.82, 2.24) is 0 Å². The molecule has 2 heterocycles. The maximum Gasteiger partial charge on any atom is 0.262 e. The van der Waals surface area contributed by atoms with E-state index in [1.54, 1.807) is 6.07 Å². The first-order valence-electron chi connectivity index (χ1n) is 6.45. The Morgan fingerprint density at radius 3 is 2.95 bits per heavy atom. The highest BCUT2D eigenvalue weighted by Gasteiger charge is 2.32. The van der Waals surface area contributed by atoms with Crippen LogP contribution in [0.5, 0.6) is 5.75 Å². The monoisotopic (exact) mass is 311 g/mol. The molecule has 1 aromatic rings. The van der Waals surface area contributed by atoms with Crippen molar-refractivity contribution >= 4 is 34.8 Å². The lowest BCUT2D eigenvalue weighted by atomic mass is 10.0. The molecule has 1 saturated heterocycles. The van der Waals surface area contributed by atoms with E-state index in [4.69, 9.17) is 26.8 Å². The molecular formula is C13H14ClN3O4. The number of halogens is 1. The molecule has 0 aromatic heterocycles. The number of nitrogens with one attached hydrogen (secondary N) is 2. The van der Waals surface area contributed by atoms with Crippen molar-refractivity contribution in [2.75, 3.05) is 30.5 Å². The molecule has 2 aliphatic heterocycles. The summed E-state index contributed by atoms with van der Waals surface area (Å²) in [5.41, 5.74) is 6.70. The molecular weight excluding hydrogens is 298 g/mol. The Hall–Kier alpha value is -1.83. The van der Waals surface area contributed by atoms with Crippen molar-refractivity contribution in [3.8, 4) is 5.75 Å². The number of carbonyl (C=O) groups is 2. The highest BCUT2D eigenvalue weighted by molar-refractivity contribution is 6.34. The van der Waals surface area contributed by atoms with E-state index in [1.165, 1.54) is 6.07 Å². The second kappa shape index (κ2) is 5.51. The maximum absolute atomic E-state index is 12.2. The highest BCUT2D eigenvalue weighted by atomic mass is 35.5. The minimum absolute atomic E-state index is 0.0661. The molecule has 112 valence electrons. The number of hydrogen-bond donors (Lipinski definition) is 3. The topological polar surface area (TPSA) is 103 Å². The lowest BCUT2D eigenvalue weighted by Crippen LogP contribution is -2.37. The van der Waals surface area contributed by atoms with Crippen LogP contribution >= 0.6 is 11.6 Å². The highest BCUT2D eigenvalue weighted by Crippen LogP contribution is 2.36. The number of fused-ring (bicyclic) bond motifs is 1. The van der Waals surface area contributed by atoms with E-state index in [0.717, 1.165) is 0 Å². The standard InChI is InChI=1S/C13H14ClN3O4/c14-7-1-10-11(21-5-12(18)16-10)2-9(7)17-13(19)6-3-20-4-8(6)15/h1-2,6,8H,3-5,15H2,(H,16,18)(H,17,19). The van der Waals surface area contributed by atoms with Crippen molar-refractivity contribution in [1.29, 1.82) is 0 Å². The molecule has 2 unspecified atom stereocenters. The maximum atomic E-state index is 12.2. The zero-order valence-corrected chi connectivity index (χ0v) is 11.8. The van der Waals surface area contributed by atoms with Crippen LogP contribution in [0.3, 0.4) is 0 Å². The van der Waals surface area contributed by atoms with Crippen LogP contribution < -0.4 is 21.1 Å². The molecule has 7 nitrogen and oxygen atoms in total. The second-order valence-corrected chi connectivity index (χ2v) is 5.37. The summed E-state index contributed by atoms with van der Waals surface area (Å²) < 4.78 is 10.5. The molecule has 0 spiro atoms. The van der Waals surface area contributed by atoms with Gasteiger partial charge < -0.3 is 25.8 Å². The fourth-order valence-corrected chi connectivity index (χ4v) is 2.47. The van der Waals surface area contributed by atoms with Gasteiger partial charge in [-0.05, 0) is 6.07 Å². The van der Waals surface area contributed by atoms with E-state index in [9.17, 15) is 9.59 Å². The average molecular weight is 312 g/mol. The molecule has 4 N–H and O–H groups in total. The average Bonchev–Trinajstić information content (AvgIpc) is 2.86. The third kappa shape index (κ3) is 2.80. The minimum atomic E-state index is -0.405. The molecule has 2 amide bonds. The predicted octanol–water partition coefficient (Wildman–Crippen LogP) is 0.583. The first kappa shape index (κ1) is 14.1. The van der Waals surface area contributed by atoms with E-state index in [0.29, 0.717) is 35.4 Å². The summed E-state index contributed by atoms with van der Waals surface area (Å²) in [6.07, 6.45) is 0. The fourth-order valence-electron chi connectivity index (χ4n) is 2.26. The molecule has 0 radical (unpaired) electrons. The quantitative estimate of drug-likeness (QED) is 0.741. The third-order valence-electron chi connectivity index (χ3n) is 3.42.